The number of hydrogen-bond donors (Lipinski definition) is 1. The summed E-state index contributed by atoms with van der Waals surface area (Å²) in [5.74, 6) is -0.754. The second kappa shape index (κ2) is 6.48. The van der Waals surface area contributed by atoms with Crippen LogP contribution in [0.1, 0.15) is 24.3 Å². The molecule has 3 aliphatic rings. The van der Waals surface area contributed by atoms with E-state index in [-0.39, 0.29) is 23.7 Å². The van der Waals surface area contributed by atoms with Crippen LogP contribution in [0.4, 0.5) is 0 Å². The molecule has 6 heteroatoms. The molecule has 2 heterocycles. The molecule has 28 heavy (non-hydrogen) atoms. The Balaban J connectivity index is 1.96. The zero-order valence-corrected chi connectivity index (χ0v) is 15.9. The van der Waals surface area contributed by atoms with Crippen LogP contribution in [-0.2, 0) is 0 Å². The minimum absolute atomic E-state index is 0.0905. The maximum atomic E-state index is 10.1. The molecule has 140 valence electrons. The molecule has 4 rings (SSSR count). The van der Waals surface area contributed by atoms with Gasteiger partial charge in [0.2, 0.25) is 0 Å². The van der Waals surface area contributed by atoms with Crippen molar-refractivity contribution < 1.29 is 4.74 Å². The molecular weight excluding hydrogens is 350 g/mol. The molecule has 0 radical (unpaired) electrons. The number of nitrogens with one attached hydrogen (secondary N) is 1. The molecule has 2 bridgehead atoms. The van der Waals surface area contributed by atoms with Gasteiger partial charge in [0.1, 0.15) is 11.7 Å². The molecule has 1 saturated heterocycles. The Kier molecular flexibility index (Phi) is 4.22. The Bertz CT molecular complexity index is 960. The largest absolute Gasteiger partial charge is 0.497 e. The number of methoxy groups -OCH3 is 1. The smallest absolute Gasteiger partial charge is 0.189 e. The van der Waals surface area contributed by atoms with Crippen molar-refractivity contribution in [1.29, 1.82) is 21.2 Å². The van der Waals surface area contributed by atoms with E-state index in [9.17, 15) is 15.8 Å². The minimum atomic E-state index is -1.66. The van der Waals surface area contributed by atoms with Gasteiger partial charge in [-0.05, 0) is 43.2 Å². The number of likely N-dealkylation sites (N-methyl/N-ethyl adjacent to an activating group) is 1. The van der Waals surface area contributed by atoms with Gasteiger partial charge in [-0.25, -0.2) is 0 Å². The molecule has 2 aliphatic heterocycles. The van der Waals surface area contributed by atoms with Crippen molar-refractivity contribution in [1.82, 2.24) is 4.90 Å². The number of nitriles is 3. The lowest BCUT2D eigenvalue weighted by Crippen LogP contribution is -2.55. The molecule has 0 amide bonds. The Morgan fingerprint density at radius 2 is 1.82 bits per heavy atom. The van der Waals surface area contributed by atoms with Gasteiger partial charge >= 0.3 is 0 Å². The van der Waals surface area contributed by atoms with Gasteiger partial charge in [0.25, 0.3) is 0 Å². The zero-order valence-electron chi connectivity index (χ0n) is 15.9. The predicted octanol–water partition coefficient (Wildman–Crippen LogP) is 3.00. The minimum Gasteiger partial charge on any atom is -0.497 e. The summed E-state index contributed by atoms with van der Waals surface area (Å²) in [5, 5.41) is 38.7. The van der Waals surface area contributed by atoms with Gasteiger partial charge in [0.05, 0.1) is 31.0 Å². The van der Waals surface area contributed by atoms with Crippen LogP contribution in [0.15, 0.2) is 35.9 Å². The van der Waals surface area contributed by atoms with Gasteiger partial charge in [-0.2, -0.15) is 15.8 Å². The Morgan fingerprint density at radius 3 is 2.39 bits per heavy atom. The van der Waals surface area contributed by atoms with Crippen molar-refractivity contribution >= 4 is 5.71 Å². The highest BCUT2D eigenvalue weighted by Gasteiger charge is 2.61. The second-order valence-electron chi connectivity index (χ2n) is 7.83. The molecular formula is C22H21N5O. The Labute approximate surface area is 164 Å². The summed E-state index contributed by atoms with van der Waals surface area (Å²) >= 11 is 0. The third-order valence-corrected chi connectivity index (χ3v) is 6.82. The molecule has 1 unspecified atom stereocenters. The van der Waals surface area contributed by atoms with E-state index in [0.717, 1.165) is 24.0 Å². The molecule has 2 fully saturated rings. The van der Waals surface area contributed by atoms with E-state index in [4.69, 9.17) is 10.1 Å². The molecule has 5 atom stereocenters. The van der Waals surface area contributed by atoms with Gasteiger partial charge in [-0.1, -0.05) is 18.2 Å². The molecule has 0 aromatic heterocycles. The van der Waals surface area contributed by atoms with Crippen molar-refractivity contribution in [3.63, 3.8) is 0 Å². The fourth-order valence-corrected chi connectivity index (χ4v) is 5.41. The van der Waals surface area contributed by atoms with E-state index >= 15 is 0 Å². The highest BCUT2D eigenvalue weighted by atomic mass is 16.5. The van der Waals surface area contributed by atoms with Crippen molar-refractivity contribution in [2.24, 2.45) is 17.3 Å². The number of benzene rings is 1. The monoisotopic (exact) mass is 371 g/mol. The molecule has 1 aromatic rings. The zero-order chi connectivity index (χ0) is 20.1. The Hall–Kier alpha value is -3.14. The third kappa shape index (κ3) is 2.24. The van der Waals surface area contributed by atoms with E-state index < -0.39 is 17.3 Å². The quantitative estimate of drug-likeness (QED) is 0.804. The number of fused-ring (bicyclic) bond motifs is 4. The standard InChI is InChI=1S/C22H21N5O/c1-27-14-5-8-18(27)19-16(9-14)17(10-23)21(26)22(11-24,12-25)20(19)13-3-6-15(28-2)7-4-13/h3-4,6-7,9,14,17-20,26H,5,8H2,1-2H3/t14-,17?,18+,19+,20-/m0/s1. The lowest BCUT2D eigenvalue weighted by Gasteiger charge is -2.50. The first-order chi connectivity index (χ1) is 13.5. The summed E-state index contributed by atoms with van der Waals surface area (Å²) in [4.78, 5) is 2.30. The van der Waals surface area contributed by atoms with Gasteiger partial charge in [-0.15, -0.1) is 0 Å². The average Bonchev–Trinajstić information content (AvgIpc) is 2.96. The van der Waals surface area contributed by atoms with Crippen LogP contribution < -0.4 is 4.74 Å². The average molecular weight is 371 g/mol. The van der Waals surface area contributed by atoms with Crippen LogP contribution in [0, 0.1) is 56.7 Å². The molecule has 1 aromatic carbocycles. The summed E-state index contributed by atoms with van der Waals surface area (Å²) in [6.45, 7) is 0. The highest BCUT2D eigenvalue weighted by molar-refractivity contribution is 6.01. The predicted molar refractivity (Wildman–Crippen MR) is 102 cm³/mol. The number of rotatable bonds is 2. The second-order valence-corrected chi connectivity index (χ2v) is 7.83. The topological polar surface area (TPSA) is 108 Å². The van der Waals surface area contributed by atoms with Gasteiger partial charge in [0.15, 0.2) is 5.41 Å². The van der Waals surface area contributed by atoms with Crippen molar-refractivity contribution in [2.45, 2.75) is 30.8 Å². The maximum Gasteiger partial charge on any atom is 0.189 e. The SMILES string of the molecule is COc1ccc([C@H]2[C@@H]3C(=C[C@@H]4CC[C@H]3N4C)C(C#N)C(=N)C2(C#N)C#N)cc1. The molecule has 1 aliphatic carbocycles. The maximum absolute atomic E-state index is 10.1. The number of hydrogen-bond acceptors (Lipinski definition) is 6. The number of ether oxygens (including phenoxy) is 1. The van der Waals surface area contributed by atoms with E-state index in [1.54, 1.807) is 7.11 Å². The highest BCUT2D eigenvalue weighted by Crippen LogP contribution is 2.57. The van der Waals surface area contributed by atoms with Crippen LogP contribution in [0.25, 0.3) is 0 Å². The first-order valence-electron chi connectivity index (χ1n) is 9.41. The van der Waals surface area contributed by atoms with E-state index in [2.05, 4.69) is 36.2 Å². The van der Waals surface area contributed by atoms with Gasteiger partial charge in [-0.3, -0.25) is 4.90 Å². The summed E-state index contributed by atoms with van der Waals surface area (Å²) in [6.07, 6.45) is 4.07. The first kappa shape index (κ1) is 18.2. The molecule has 6 nitrogen and oxygen atoms in total. The van der Waals surface area contributed by atoms with Crippen LogP contribution >= 0.6 is 0 Å². The molecule has 1 N–H and O–H groups in total. The lowest BCUT2D eigenvalue weighted by atomic mass is 9.53. The fraction of sp³-hybridized carbons (Fsp3) is 0.455. The Morgan fingerprint density at radius 1 is 1.14 bits per heavy atom. The summed E-state index contributed by atoms with van der Waals surface area (Å²) in [5.41, 5.74) is -0.000203. The summed E-state index contributed by atoms with van der Waals surface area (Å²) < 4.78 is 5.25. The molecule has 1 saturated carbocycles. The number of nitrogens with zero attached hydrogens (tertiary/aromatic N) is 4. The van der Waals surface area contributed by atoms with E-state index in [1.807, 2.05) is 24.3 Å². The normalized spacial score (nSPS) is 33.0. The van der Waals surface area contributed by atoms with E-state index in [1.165, 1.54) is 0 Å². The summed E-state index contributed by atoms with van der Waals surface area (Å²) in [6, 6.07) is 14.3. The fourth-order valence-electron chi connectivity index (χ4n) is 5.41. The van der Waals surface area contributed by atoms with Crippen LogP contribution in [0.2, 0.25) is 0 Å². The van der Waals surface area contributed by atoms with Crippen molar-refractivity contribution in [2.75, 3.05) is 14.2 Å². The van der Waals surface area contributed by atoms with Crippen molar-refractivity contribution in [3.05, 3.63) is 41.5 Å². The van der Waals surface area contributed by atoms with Gasteiger partial charge < -0.3 is 10.1 Å². The molecule has 0 spiro atoms. The van der Waals surface area contributed by atoms with Gasteiger partial charge in [0, 0.05) is 23.9 Å². The van der Waals surface area contributed by atoms with E-state index in [0.29, 0.717) is 5.75 Å². The summed E-state index contributed by atoms with van der Waals surface area (Å²) in [7, 11) is 3.66. The first-order valence-corrected chi connectivity index (χ1v) is 9.41. The van der Waals surface area contributed by atoms with Crippen molar-refractivity contribution in [3.8, 4) is 24.0 Å². The van der Waals surface area contributed by atoms with Crippen LogP contribution in [-0.4, -0.2) is 36.9 Å². The third-order valence-electron chi connectivity index (χ3n) is 6.82. The lowest BCUT2D eigenvalue weighted by molar-refractivity contribution is 0.157. The van der Waals surface area contributed by atoms with Crippen LogP contribution in [0.5, 0.6) is 5.75 Å². The van der Waals surface area contributed by atoms with Crippen LogP contribution in [0.3, 0.4) is 0 Å².